The lowest BCUT2D eigenvalue weighted by atomic mass is 10.1. The maximum Gasteiger partial charge on any atom is 0.270 e. The molecule has 20 heavy (non-hydrogen) atoms. The molecule has 1 N–H and O–H groups in total. The van der Waals surface area contributed by atoms with E-state index in [1.807, 2.05) is 18.2 Å². The van der Waals surface area contributed by atoms with Crippen LogP contribution >= 0.6 is 0 Å². The molecular weight excluding hydrogens is 258 g/mol. The Kier molecular flexibility index (Phi) is 4.62. The summed E-state index contributed by atoms with van der Waals surface area (Å²) < 4.78 is 5.69. The van der Waals surface area contributed by atoms with Crippen LogP contribution in [0.25, 0.3) is 0 Å². The first-order valence-electron chi connectivity index (χ1n) is 6.15. The molecule has 6 heteroatoms. The van der Waals surface area contributed by atoms with Crippen molar-refractivity contribution in [2.45, 2.75) is 13.2 Å². The molecule has 6 nitrogen and oxygen atoms in total. The number of ether oxygens (including phenoxy) is 1. The van der Waals surface area contributed by atoms with Crippen LogP contribution in [0.1, 0.15) is 11.3 Å². The van der Waals surface area contributed by atoms with Crippen molar-refractivity contribution < 1.29 is 9.66 Å². The monoisotopic (exact) mass is 273 g/mol. The van der Waals surface area contributed by atoms with Gasteiger partial charge in [-0.15, -0.1) is 0 Å². The van der Waals surface area contributed by atoms with Gasteiger partial charge >= 0.3 is 0 Å². The fourth-order valence-corrected chi connectivity index (χ4v) is 1.78. The third-order valence-corrected chi connectivity index (χ3v) is 2.72. The molecule has 104 valence electrons. The highest BCUT2D eigenvalue weighted by atomic mass is 16.6. The van der Waals surface area contributed by atoms with Crippen LogP contribution in [0, 0.1) is 10.1 Å². The van der Waals surface area contributed by atoms with Gasteiger partial charge in [-0.3, -0.25) is 15.1 Å². The molecule has 0 aliphatic rings. The van der Waals surface area contributed by atoms with E-state index in [0.29, 0.717) is 18.9 Å². The van der Waals surface area contributed by atoms with Gasteiger partial charge < -0.3 is 10.1 Å². The first-order chi connectivity index (χ1) is 9.70. The molecule has 2 rings (SSSR count). The lowest BCUT2D eigenvalue weighted by Crippen LogP contribution is -2.08. The SMILES string of the molecule is CNCc1cc([N+](=O)[O-])ccc1OCc1ccccn1. The normalized spacial score (nSPS) is 10.2. The average Bonchev–Trinajstić information content (AvgIpc) is 2.47. The molecule has 1 aromatic heterocycles. The molecule has 0 atom stereocenters. The van der Waals surface area contributed by atoms with E-state index in [9.17, 15) is 10.1 Å². The summed E-state index contributed by atoms with van der Waals surface area (Å²) in [7, 11) is 1.78. The van der Waals surface area contributed by atoms with Gasteiger partial charge in [0.25, 0.3) is 5.69 Å². The molecule has 0 spiro atoms. The van der Waals surface area contributed by atoms with Gasteiger partial charge in [0.1, 0.15) is 12.4 Å². The molecule has 0 aliphatic carbocycles. The van der Waals surface area contributed by atoms with Crippen molar-refractivity contribution in [2.75, 3.05) is 7.05 Å². The zero-order valence-corrected chi connectivity index (χ0v) is 11.1. The van der Waals surface area contributed by atoms with Gasteiger partial charge in [0, 0.05) is 30.4 Å². The lowest BCUT2D eigenvalue weighted by molar-refractivity contribution is -0.384. The molecule has 0 saturated heterocycles. The molecular formula is C14H15N3O3. The van der Waals surface area contributed by atoms with Crippen LogP contribution in [0.3, 0.4) is 0 Å². The van der Waals surface area contributed by atoms with Crippen LogP contribution in [0.4, 0.5) is 5.69 Å². The highest BCUT2D eigenvalue weighted by molar-refractivity contribution is 5.43. The molecule has 0 amide bonds. The van der Waals surface area contributed by atoms with Gasteiger partial charge in [-0.2, -0.15) is 0 Å². The fourth-order valence-electron chi connectivity index (χ4n) is 1.78. The van der Waals surface area contributed by atoms with Crippen molar-refractivity contribution in [1.82, 2.24) is 10.3 Å². The van der Waals surface area contributed by atoms with E-state index in [2.05, 4.69) is 10.3 Å². The van der Waals surface area contributed by atoms with Crippen molar-refractivity contribution >= 4 is 5.69 Å². The fraction of sp³-hybridized carbons (Fsp3) is 0.214. The number of hydrogen-bond donors (Lipinski definition) is 1. The molecule has 0 unspecified atom stereocenters. The van der Waals surface area contributed by atoms with Crippen LogP contribution in [-0.2, 0) is 13.2 Å². The number of benzene rings is 1. The second kappa shape index (κ2) is 6.63. The largest absolute Gasteiger partial charge is 0.487 e. The first kappa shape index (κ1) is 14.0. The van der Waals surface area contributed by atoms with Gasteiger partial charge in [-0.05, 0) is 25.2 Å². The van der Waals surface area contributed by atoms with Crippen LogP contribution in [0.2, 0.25) is 0 Å². The third kappa shape index (κ3) is 3.52. The minimum absolute atomic E-state index is 0.0560. The van der Waals surface area contributed by atoms with E-state index in [0.717, 1.165) is 11.3 Å². The van der Waals surface area contributed by atoms with Crippen molar-refractivity contribution in [3.8, 4) is 5.75 Å². The Balaban J connectivity index is 2.16. The van der Waals surface area contributed by atoms with Crippen LogP contribution < -0.4 is 10.1 Å². The summed E-state index contributed by atoms with van der Waals surface area (Å²) in [6.45, 7) is 0.828. The number of pyridine rings is 1. The first-order valence-corrected chi connectivity index (χ1v) is 6.15. The Labute approximate surface area is 116 Å². The van der Waals surface area contributed by atoms with Gasteiger partial charge in [-0.1, -0.05) is 6.07 Å². The van der Waals surface area contributed by atoms with Gasteiger partial charge in [0.05, 0.1) is 10.6 Å². The summed E-state index contributed by atoms with van der Waals surface area (Å²) in [5.41, 5.74) is 1.61. The second-order valence-electron chi connectivity index (χ2n) is 4.19. The Morgan fingerprint density at radius 3 is 2.85 bits per heavy atom. The summed E-state index contributed by atoms with van der Waals surface area (Å²) in [6, 6.07) is 10.2. The van der Waals surface area contributed by atoms with E-state index in [1.165, 1.54) is 12.1 Å². The molecule has 0 saturated carbocycles. The molecule has 2 aromatic rings. The van der Waals surface area contributed by atoms with Crippen molar-refractivity contribution in [3.63, 3.8) is 0 Å². The van der Waals surface area contributed by atoms with Crippen LogP contribution in [-0.4, -0.2) is 17.0 Å². The summed E-state index contributed by atoms with van der Waals surface area (Å²) in [6.07, 6.45) is 1.70. The average molecular weight is 273 g/mol. The molecule has 1 heterocycles. The van der Waals surface area contributed by atoms with Gasteiger partial charge in [-0.25, -0.2) is 0 Å². The lowest BCUT2D eigenvalue weighted by Gasteiger charge is -2.11. The highest BCUT2D eigenvalue weighted by Crippen LogP contribution is 2.24. The van der Waals surface area contributed by atoms with Crippen molar-refractivity contribution in [2.24, 2.45) is 0 Å². The molecule has 1 aromatic carbocycles. The van der Waals surface area contributed by atoms with Crippen LogP contribution in [0.5, 0.6) is 5.75 Å². The maximum atomic E-state index is 10.8. The van der Waals surface area contributed by atoms with Gasteiger partial charge in [0.15, 0.2) is 0 Å². The van der Waals surface area contributed by atoms with Crippen molar-refractivity contribution in [3.05, 3.63) is 64.0 Å². The Bertz CT molecular complexity index is 587. The van der Waals surface area contributed by atoms with Crippen molar-refractivity contribution in [1.29, 1.82) is 0 Å². The maximum absolute atomic E-state index is 10.8. The zero-order chi connectivity index (χ0) is 14.4. The van der Waals surface area contributed by atoms with E-state index < -0.39 is 4.92 Å². The topological polar surface area (TPSA) is 77.3 Å². The highest BCUT2D eigenvalue weighted by Gasteiger charge is 2.11. The molecule has 0 bridgehead atoms. The Hall–Kier alpha value is -2.47. The quantitative estimate of drug-likeness (QED) is 0.645. The second-order valence-corrected chi connectivity index (χ2v) is 4.19. The zero-order valence-electron chi connectivity index (χ0n) is 11.1. The van der Waals surface area contributed by atoms with E-state index >= 15 is 0 Å². The van der Waals surface area contributed by atoms with E-state index in [4.69, 9.17) is 4.74 Å². The molecule has 0 aliphatic heterocycles. The Morgan fingerprint density at radius 1 is 1.35 bits per heavy atom. The van der Waals surface area contributed by atoms with E-state index in [-0.39, 0.29) is 5.69 Å². The van der Waals surface area contributed by atoms with Gasteiger partial charge in [0.2, 0.25) is 0 Å². The number of non-ortho nitro benzene ring substituents is 1. The number of nitrogens with zero attached hydrogens (tertiary/aromatic N) is 2. The standard InChI is InChI=1S/C14H15N3O3/c1-15-9-11-8-13(17(18)19)5-6-14(11)20-10-12-4-2-3-7-16-12/h2-8,15H,9-10H2,1H3. The predicted octanol–water partition coefficient (Wildman–Crippen LogP) is 2.29. The number of rotatable bonds is 6. The predicted molar refractivity (Wildman–Crippen MR) is 74.4 cm³/mol. The number of aromatic nitrogens is 1. The minimum Gasteiger partial charge on any atom is -0.487 e. The number of nitrogens with one attached hydrogen (secondary N) is 1. The summed E-state index contributed by atoms with van der Waals surface area (Å²) in [5, 5.41) is 13.8. The molecule has 0 fully saturated rings. The summed E-state index contributed by atoms with van der Waals surface area (Å²) >= 11 is 0. The smallest absolute Gasteiger partial charge is 0.270 e. The van der Waals surface area contributed by atoms with Crippen LogP contribution in [0.15, 0.2) is 42.6 Å². The van der Waals surface area contributed by atoms with E-state index in [1.54, 1.807) is 19.3 Å². The molecule has 0 radical (unpaired) electrons. The number of hydrogen-bond acceptors (Lipinski definition) is 5. The third-order valence-electron chi connectivity index (χ3n) is 2.72. The summed E-state index contributed by atoms with van der Waals surface area (Å²) in [5.74, 6) is 0.621. The number of nitro groups is 1. The summed E-state index contributed by atoms with van der Waals surface area (Å²) in [4.78, 5) is 14.5. The Morgan fingerprint density at radius 2 is 2.20 bits per heavy atom. The number of nitro benzene ring substituents is 1. The minimum atomic E-state index is -0.415.